The maximum Gasteiger partial charge on any atom is 0.109 e. The summed E-state index contributed by atoms with van der Waals surface area (Å²) in [5.41, 5.74) is 2.70. The summed E-state index contributed by atoms with van der Waals surface area (Å²) < 4.78 is 0. The smallest absolute Gasteiger partial charge is 0.109 e. The van der Waals surface area contributed by atoms with Gasteiger partial charge >= 0.3 is 0 Å². The maximum atomic E-state index is 5.84. The Bertz CT molecular complexity index is 376. The normalized spacial score (nSPS) is 17.8. The van der Waals surface area contributed by atoms with Crippen LogP contribution in [0.3, 0.4) is 0 Å². The Kier molecular flexibility index (Phi) is 1.70. The Morgan fingerprint density at radius 1 is 1.25 bits per heavy atom. The van der Waals surface area contributed by atoms with Crippen molar-refractivity contribution in [3.8, 4) is 0 Å². The molecule has 1 aliphatic heterocycles. The van der Waals surface area contributed by atoms with Gasteiger partial charge in [-0.25, -0.2) is 0 Å². The highest BCUT2D eigenvalue weighted by atomic mass is 35.5. The molecule has 0 fully saturated rings. The van der Waals surface area contributed by atoms with Crippen molar-refractivity contribution >= 4 is 23.0 Å². The Morgan fingerprint density at radius 2 is 2.00 bits per heavy atom. The highest BCUT2D eigenvalue weighted by Crippen LogP contribution is 2.36. The summed E-state index contributed by atoms with van der Waals surface area (Å²) in [6, 6.07) is 7.78. The molecule has 2 rings (SSSR count). The van der Waals surface area contributed by atoms with E-state index in [0.29, 0.717) is 5.03 Å². The van der Waals surface area contributed by atoms with Crippen molar-refractivity contribution in [1.82, 2.24) is 0 Å². The SMILES string of the molecule is C/C(Cl)=C1/N=Nc2ccccc21. The lowest BCUT2D eigenvalue weighted by atomic mass is 10.1. The zero-order chi connectivity index (χ0) is 8.55. The molecule has 1 aromatic carbocycles. The number of fused-ring (bicyclic) bond motifs is 1. The monoisotopic (exact) mass is 178 g/mol. The van der Waals surface area contributed by atoms with Crippen molar-refractivity contribution in [2.75, 3.05) is 0 Å². The third-order valence-corrected chi connectivity index (χ3v) is 1.92. The second-order valence-electron chi connectivity index (χ2n) is 2.60. The van der Waals surface area contributed by atoms with Gasteiger partial charge < -0.3 is 0 Å². The molecule has 0 bridgehead atoms. The molecule has 0 spiro atoms. The largest absolute Gasteiger partial charge is 0.150 e. The van der Waals surface area contributed by atoms with Gasteiger partial charge in [-0.05, 0) is 13.0 Å². The molecule has 0 radical (unpaired) electrons. The van der Waals surface area contributed by atoms with Crippen LogP contribution in [-0.2, 0) is 0 Å². The lowest BCUT2D eigenvalue weighted by molar-refractivity contribution is 1.31. The first-order valence-electron chi connectivity index (χ1n) is 3.66. The van der Waals surface area contributed by atoms with Gasteiger partial charge in [0.25, 0.3) is 0 Å². The summed E-state index contributed by atoms with van der Waals surface area (Å²) in [4.78, 5) is 0. The van der Waals surface area contributed by atoms with Crippen LogP contribution in [0.25, 0.3) is 5.70 Å². The van der Waals surface area contributed by atoms with Gasteiger partial charge in [0.15, 0.2) is 0 Å². The van der Waals surface area contributed by atoms with Crippen LogP contribution >= 0.6 is 11.6 Å². The van der Waals surface area contributed by atoms with Crippen molar-refractivity contribution < 1.29 is 0 Å². The minimum atomic E-state index is 0.684. The predicted octanol–water partition coefficient (Wildman–Crippen LogP) is 3.71. The van der Waals surface area contributed by atoms with E-state index in [0.717, 1.165) is 16.9 Å². The van der Waals surface area contributed by atoms with Crippen LogP contribution in [0.1, 0.15) is 12.5 Å². The third-order valence-electron chi connectivity index (χ3n) is 1.74. The van der Waals surface area contributed by atoms with E-state index >= 15 is 0 Å². The van der Waals surface area contributed by atoms with Crippen LogP contribution in [0.15, 0.2) is 39.5 Å². The summed E-state index contributed by atoms with van der Waals surface area (Å²) in [5, 5.41) is 8.64. The molecule has 0 saturated carbocycles. The average Bonchev–Trinajstić information content (AvgIpc) is 2.47. The minimum Gasteiger partial charge on any atom is -0.150 e. The molecular formula is C9H7ClN2. The number of allylic oxidation sites excluding steroid dienone is 1. The first kappa shape index (κ1) is 7.50. The third kappa shape index (κ3) is 1.04. The zero-order valence-corrected chi connectivity index (χ0v) is 7.34. The molecule has 0 aromatic heterocycles. The fraction of sp³-hybridized carbons (Fsp3) is 0.111. The molecule has 0 aliphatic carbocycles. The summed E-state index contributed by atoms with van der Waals surface area (Å²) in [7, 11) is 0. The second kappa shape index (κ2) is 2.72. The number of nitrogens with zero attached hydrogens (tertiary/aromatic N) is 2. The van der Waals surface area contributed by atoms with E-state index in [1.807, 2.05) is 31.2 Å². The standard InChI is InChI=1S/C9H7ClN2/c1-6(10)9-7-4-2-3-5-8(7)11-12-9/h2-5H,1H3/b9-6-. The fourth-order valence-corrected chi connectivity index (χ4v) is 1.31. The van der Waals surface area contributed by atoms with E-state index in [2.05, 4.69) is 10.2 Å². The van der Waals surface area contributed by atoms with Gasteiger partial charge in [-0.15, -0.1) is 10.2 Å². The van der Waals surface area contributed by atoms with E-state index in [4.69, 9.17) is 11.6 Å². The van der Waals surface area contributed by atoms with Crippen LogP contribution < -0.4 is 0 Å². The second-order valence-corrected chi connectivity index (χ2v) is 3.17. The van der Waals surface area contributed by atoms with Crippen molar-refractivity contribution in [2.24, 2.45) is 10.2 Å². The number of halogens is 1. The van der Waals surface area contributed by atoms with Crippen molar-refractivity contribution in [2.45, 2.75) is 6.92 Å². The minimum absolute atomic E-state index is 0.684. The molecule has 1 aliphatic rings. The molecule has 0 unspecified atom stereocenters. The maximum absolute atomic E-state index is 5.84. The lowest BCUT2D eigenvalue weighted by Crippen LogP contribution is -1.76. The molecule has 3 heteroatoms. The van der Waals surface area contributed by atoms with Gasteiger partial charge in [0.05, 0.1) is 5.69 Å². The van der Waals surface area contributed by atoms with Gasteiger partial charge in [0, 0.05) is 10.6 Å². The van der Waals surface area contributed by atoms with Gasteiger partial charge in [-0.1, -0.05) is 29.8 Å². The van der Waals surface area contributed by atoms with Gasteiger partial charge in [0.1, 0.15) is 5.70 Å². The predicted molar refractivity (Wildman–Crippen MR) is 49.4 cm³/mol. The summed E-state index contributed by atoms with van der Waals surface area (Å²) in [6.07, 6.45) is 0. The molecule has 2 nitrogen and oxygen atoms in total. The van der Waals surface area contributed by atoms with Gasteiger partial charge in [-0.2, -0.15) is 0 Å². The Balaban J connectivity index is 2.64. The quantitative estimate of drug-likeness (QED) is 0.579. The highest BCUT2D eigenvalue weighted by molar-refractivity contribution is 6.32. The van der Waals surface area contributed by atoms with Crippen LogP contribution in [-0.4, -0.2) is 0 Å². The number of hydrogen-bond donors (Lipinski definition) is 0. The molecule has 12 heavy (non-hydrogen) atoms. The van der Waals surface area contributed by atoms with E-state index in [9.17, 15) is 0 Å². The van der Waals surface area contributed by atoms with E-state index in [1.54, 1.807) is 0 Å². The van der Waals surface area contributed by atoms with E-state index in [-0.39, 0.29) is 0 Å². The lowest BCUT2D eigenvalue weighted by Gasteiger charge is -1.95. The van der Waals surface area contributed by atoms with Gasteiger partial charge in [-0.3, -0.25) is 0 Å². The molecule has 1 heterocycles. The van der Waals surface area contributed by atoms with Crippen molar-refractivity contribution in [3.05, 3.63) is 34.9 Å². The summed E-state index contributed by atoms with van der Waals surface area (Å²) >= 11 is 5.84. The molecule has 0 N–H and O–H groups in total. The first-order chi connectivity index (χ1) is 5.79. The van der Waals surface area contributed by atoms with Crippen LogP contribution in [0, 0.1) is 0 Å². The van der Waals surface area contributed by atoms with Crippen LogP contribution in [0.4, 0.5) is 5.69 Å². The number of benzene rings is 1. The molecule has 0 atom stereocenters. The van der Waals surface area contributed by atoms with Gasteiger partial charge in [0.2, 0.25) is 0 Å². The van der Waals surface area contributed by atoms with Crippen molar-refractivity contribution in [1.29, 1.82) is 0 Å². The topological polar surface area (TPSA) is 24.7 Å². The van der Waals surface area contributed by atoms with E-state index < -0.39 is 0 Å². The molecular weight excluding hydrogens is 172 g/mol. The number of hydrogen-bond acceptors (Lipinski definition) is 2. The number of rotatable bonds is 0. The Hall–Kier alpha value is -1.15. The summed E-state index contributed by atoms with van der Waals surface area (Å²) in [5.74, 6) is 0. The number of azo groups is 1. The molecule has 1 aromatic rings. The van der Waals surface area contributed by atoms with Crippen molar-refractivity contribution in [3.63, 3.8) is 0 Å². The Labute approximate surface area is 75.6 Å². The van der Waals surface area contributed by atoms with Crippen LogP contribution in [0.2, 0.25) is 0 Å². The average molecular weight is 179 g/mol. The first-order valence-corrected chi connectivity index (χ1v) is 4.04. The fourth-order valence-electron chi connectivity index (χ4n) is 1.17. The van der Waals surface area contributed by atoms with Crippen LogP contribution in [0.5, 0.6) is 0 Å². The molecule has 0 amide bonds. The summed E-state index contributed by atoms with van der Waals surface area (Å²) in [6.45, 7) is 1.82. The Morgan fingerprint density at radius 3 is 2.75 bits per heavy atom. The highest BCUT2D eigenvalue weighted by Gasteiger charge is 2.14. The van der Waals surface area contributed by atoms with E-state index in [1.165, 1.54) is 0 Å². The molecule has 60 valence electrons. The molecule has 0 saturated heterocycles. The zero-order valence-electron chi connectivity index (χ0n) is 6.58.